The van der Waals surface area contributed by atoms with E-state index in [1.54, 1.807) is 6.20 Å². The van der Waals surface area contributed by atoms with E-state index in [1.807, 2.05) is 36.4 Å². The Hall–Kier alpha value is -2.37. The fourth-order valence-electron chi connectivity index (χ4n) is 4.01. The van der Waals surface area contributed by atoms with E-state index in [0.29, 0.717) is 17.3 Å². The Morgan fingerprint density at radius 1 is 1.06 bits per heavy atom. The zero-order valence-electron chi connectivity index (χ0n) is 19.4. The molecule has 0 bridgehead atoms. The lowest BCUT2D eigenvalue weighted by molar-refractivity contribution is -0.118. The summed E-state index contributed by atoms with van der Waals surface area (Å²) in [6, 6.07) is 15.8. The molecular formula is C26H31ClN2O2S. The maximum absolute atomic E-state index is 12.3. The molecule has 0 unspecified atom stereocenters. The van der Waals surface area contributed by atoms with Crippen LogP contribution < -0.4 is 10.1 Å². The molecule has 0 atom stereocenters. The second kappa shape index (κ2) is 10.1. The van der Waals surface area contributed by atoms with Gasteiger partial charge in [-0.25, -0.2) is 4.98 Å². The number of amides is 1. The van der Waals surface area contributed by atoms with Crippen molar-refractivity contribution < 1.29 is 9.53 Å². The number of hydrogen-bond acceptors (Lipinski definition) is 4. The molecule has 0 radical (unpaired) electrons. The van der Waals surface area contributed by atoms with Crippen LogP contribution in [0, 0.1) is 5.41 Å². The van der Waals surface area contributed by atoms with E-state index in [-0.39, 0.29) is 23.3 Å². The van der Waals surface area contributed by atoms with Gasteiger partial charge in [0.15, 0.2) is 11.7 Å². The molecule has 0 fully saturated rings. The van der Waals surface area contributed by atoms with Gasteiger partial charge < -0.3 is 4.74 Å². The van der Waals surface area contributed by atoms with Crippen LogP contribution in [0.1, 0.15) is 57.0 Å². The maximum atomic E-state index is 12.3. The minimum Gasteiger partial charge on any atom is -0.484 e. The lowest BCUT2D eigenvalue weighted by Crippen LogP contribution is -2.24. The first-order valence-corrected chi connectivity index (χ1v) is 11.9. The van der Waals surface area contributed by atoms with Gasteiger partial charge in [0.25, 0.3) is 5.91 Å². The van der Waals surface area contributed by atoms with Gasteiger partial charge in [0.1, 0.15) is 5.75 Å². The fraction of sp³-hybridized carbons (Fsp3) is 0.385. The van der Waals surface area contributed by atoms with Crippen molar-refractivity contribution in [1.29, 1.82) is 0 Å². The fourth-order valence-corrected chi connectivity index (χ4v) is 5.07. The van der Waals surface area contributed by atoms with E-state index >= 15 is 0 Å². The lowest BCUT2D eigenvalue weighted by atomic mass is 9.72. The van der Waals surface area contributed by atoms with Crippen molar-refractivity contribution in [3.05, 3.63) is 75.8 Å². The molecule has 2 aromatic carbocycles. The molecular weight excluding hydrogens is 440 g/mol. The Kier molecular flexibility index (Phi) is 7.63. The van der Waals surface area contributed by atoms with Gasteiger partial charge in [0.05, 0.1) is 0 Å². The highest BCUT2D eigenvalue weighted by Gasteiger charge is 2.27. The van der Waals surface area contributed by atoms with E-state index in [1.165, 1.54) is 16.9 Å². The highest BCUT2D eigenvalue weighted by atomic mass is 35.5. The van der Waals surface area contributed by atoms with Crippen LogP contribution >= 0.6 is 22.9 Å². The molecule has 6 heteroatoms. The van der Waals surface area contributed by atoms with Crippen LogP contribution in [0.2, 0.25) is 5.02 Å². The van der Waals surface area contributed by atoms with E-state index < -0.39 is 0 Å². The minimum absolute atomic E-state index is 0.0653. The zero-order chi connectivity index (χ0) is 23.4. The molecule has 4 nitrogen and oxygen atoms in total. The van der Waals surface area contributed by atoms with Crippen molar-refractivity contribution in [1.82, 2.24) is 4.98 Å². The van der Waals surface area contributed by atoms with Gasteiger partial charge >= 0.3 is 0 Å². The minimum atomic E-state index is -0.235. The number of nitrogens with zero attached hydrogens (tertiary/aromatic N) is 1. The maximum Gasteiger partial charge on any atom is 0.264 e. The summed E-state index contributed by atoms with van der Waals surface area (Å²) in [6.45, 7) is 11.2. The molecule has 0 aliphatic rings. The SMILES string of the molecule is CC(C)(C)CC(C)(C)c1ccc(OCC(=O)Nc2ncc(Cc3ccccc3Cl)s2)cc1. The van der Waals surface area contributed by atoms with E-state index in [0.717, 1.165) is 21.9 Å². The highest BCUT2D eigenvalue weighted by Crippen LogP contribution is 2.36. The Morgan fingerprint density at radius 3 is 2.41 bits per heavy atom. The summed E-state index contributed by atoms with van der Waals surface area (Å²) in [7, 11) is 0. The standard InChI is InChI=1S/C26H31ClN2O2S/c1-25(2,3)17-26(4,5)19-10-12-20(13-11-19)31-16-23(30)29-24-28-15-21(32-24)14-18-8-6-7-9-22(18)27/h6-13,15H,14,16-17H2,1-5H3,(H,28,29,30). The number of benzene rings is 2. The number of nitrogens with one attached hydrogen (secondary N) is 1. The highest BCUT2D eigenvalue weighted by molar-refractivity contribution is 7.15. The average Bonchev–Trinajstić information content (AvgIpc) is 3.13. The Bertz CT molecular complexity index is 1050. The first-order chi connectivity index (χ1) is 15.0. The number of thiazole rings is 1. The predicted molar refractivity (Wildman–Crippen MR) is 134 cm³/mol. The third kappa shape index (κ3) is 7.07. The molecule has 1 aromatic heterocycles. The first-order valence-electron chi connectivity index (χ1n) is 10.7. The molecule has 3 aromatic rings. The second-order valence-corrected chi connectivity index (χ2v) is 11.4. The van der Waals surface area contributed by atoms with Crippen LogP contribution in [-0.2, 0) is 16.6 Å². The predicted octanol–water partition coefficient (Wildman–Crippen LogP) is 7.12. The van der Waals surface area contributed by atoms with Gasteiger partial charge in [0.2, 0.25) is 0 Å². The van der Waals surface area contributed by atoms with Gasteiger partial charge in [-0.3, -0.25) is 10.1 Å². The Balaban J connectivity index is 1.51. The van der Waals surface area contributed by atoms with E-state index in [2.05, 4.69) is 57.1 Å². The van der Waals surface area contributed by atoms with Crippen molar-refractivity contribution in [2.24, 2.45) is 5.41 Å². The van der Waals surface area contributed by atoms with Gasteiger partial charge in [-0.2, -0.15) is 0 Å². The average molecular weight is 471 g/mol. The molecule has 0 spiro atoms. The number of hydrogen-bond donors (Lipinski definition) is 1. The topological polar surface area (TPSA) is 51.2 Å². The van der Waals surface area contributed by atoms with Crippen molar-refractivity contribution in [3.63, 3.8) is 0 Å². The number of anilines is 1. The summed E-state index contributed by atoms with van der Waals surface area (Å²) < 4.78 is 5.67. The third-order valence-electron chi connectivity index (χ3n) is 5.10. The molecule has 0 saturated heterocycles. The first kappa shape index (κ1) is 24.3. The summed E-state index contributed by atoms with van der Waals surface area (Å²) in [5.74, 6) is 0.440. The van der Waals surface area contributed by atoms with Gasteiger partial charge in [0, 0.05) is 22.5 Å². The quantitative estimate of drug-likeness (QED) is 0.381. The summed E-state index contributed by atoms with van der Waals surface area (Å²) in [5, 5.41) is 4.09. The summed E-state index contributed by atoms with van der Waals surface area (Å²) in [6.07, 6.45) is 3.53. The summed E-state index contributed by atoms with van der Waals surface area (Å²) >= 11 is 7.66. The molecule has 32 heavy (non-hydrogen) atoms. The summed E-state index contributed by atoms with van der Waals surface area (Å²) in [4.78, 5) is 17.6. The molecule has 0 saturated carbocycles. The van der Waals surface area contributed by atoms with Gasteiger partial charge in [-0.05, 0) is 46.6 Å². The number of ether oxygens (including phenoxy) is 1. The molecule has 1 heterocycles. The van der Waals surface area contributed by atoms with Crippen molar-refractivity contribution in [2.45, 2.75) is 52.9 Å². The summed E-state index contributed by atoms with van der Waals surface area (Å²) in [5.41, 5.74) is 2.62. The van der Waals surface area contributed by atoms with E-state index in [9.17, 15) is 4.79 Å². The van der Waals surface area contributed by atoms with Crippen molar-refractivity contribution >= 4 is 34.0 Å². The van der Waals surface area contributed by atoms with Gasteiger partial charge in [-0.1, -0.05) is 76.6 Å². The number of carbonyl (C=O) groups excluding carboxylic acids is 1. The number of halogens is 1. The zero-order valence-corrected chi connectivity index (χ0v) is 20.9. The van der Waals surface area contributed by atoms with Crippen LogP contribution in [0.4, 0.5) is 5.13 Å². The van der Waals surface area contributed by atoms with Crippen molar-refractivity contribution in [2.75, 3.05) is 11.9 Å². The molecule has 1 N–H and O–H groups in total. The molecule has 0 aliphatic carbocycles. The van der Waals surface area contributed by atoms with Crippen LogP contribution in [0.5, 0.6) is 5.75 Å². The number of aromatic nitrogens is 1. The van der Waals surface area contributed by atoms with Crippen LogP contribution in [0.15, 0.2) is 54.7 Å². The smallest absolute Gasteiger partial charge is 0.264 e. The normalized spacial score (nSPS) is 11.9. The number of carbonyl (C=O) groups is 1. The van der Waals surface area contributed by atoms with Crippen LogP contribution in [0.25, 0.3) is 0 Å². The molecule has 0 aliphatic heterocycles. The van der Waals surface area contributed by atoms with Crippen LogP contribution in [0.3, 0.4) is 0 Å². The largest absolute Gasteiger partial charge is 0.484 e. The van der Waals surface area contributed by atoms with E-state index in [4.69, 9.17) is 16.3 Å². The second-order valence-electron chi connectivity index (χ2n) is 9.88. The monoisotopic (exact) mass is 470 g/mol. The Labute approximate surface area is 200 Å². The Morgan fingerprint density at radius 2 is 1.75 bits per heavy atom. The van der Waals surface area contributed by atoms with Crippen molar-refractivity contribution in [3.8, 4) is 5.75 Å². The third-order valence-corrected chi connectivity index (χ3v) is 6.38. The van der Waals surface area contributed by atoms with Crippen LogP contribution in [-0.4, -0.2) is 17.5 Å². The molecule has 170 valence electrons. The molecule has 3 rings (SSSR count). The van der Waals surface area contributed by atoms with Gasteiger partial charge in [-0.15, -0.1) is 11.3 Å². The lowest BCUT2D eigenvalue weighted by Gasteiger charge is -2.33. The number of rotatable bonds is 8. The molecule has 1 amide bonds.